The van der Waals surface area contributed by atoms with E-state index >= 15 is 0 Å². The van der Waals surface area contributed by atoms with Crippen LogP contribution in [0.5, 0.6) is 0 Å². The van der Waals surface area contributed by atoms with E-state index in [9.17, 15) is 43.2 Å². The SMILES string of the molecule is CCCCCCCCCCCCCCCCCCCCCCCCC(=O)O[C@H](COC(=O)CCCCCCCCCCCCCCCCCCCCCCC)COP(=O)(O)OC[C@@H](O)COP(=O)(O)OC[C@@H](COC(=O)CCCCCCCCCCCC(C)C)OC(=O)CCCCCCCCCCCCCCCCCCC(C)C. The second-order valence-electron chi connectivity index (χ2n) is 35.1. The van der Waals surface area contributed by atoms with E-state index in [-0.39, 0.29) is 25.7 Å². The van der Waals surface area contributed by atoms with Crippen molar-refractivity contribution in [2.45, 2.75) is 535 Å². The first-order valence-electron chi connectivity index (χ1n) is 49.0. The molecule has 5 atom stereocenters. The van der Waals surface area contributed by atoms with E-state index in [0.29, 0.717) is 25.7 Å². The molecule has 0 amide bonds. The number of aliphatic hydroxyl groups is 1. The molecule has 19 heteroatoms. The van der Waals surface area contributed by atoms with Crippen LogP contribution in [0.25, 0.3) is 0 Å². The minimum Gasteiger partial charge on any atom is -0.462 e. The molecule has 0 saturated heterocycles. The number of esters is 4. The van der Waals surface area contributed by atoms with Crippen LogP contribution in [0.2, 0.25) is 0 Å². The van der Waals surface area contributed by atoms with Crippen molar-refractivity contribution >= 4 is 39.5 Å². The van der Waals surface area contributed by atoms with Crippen LogP contribution >= 0.6 is 15.6 Å². The zero-order valence-corrected chi connectivity index (χ0v) is 77.2. The molecule has 114 heavy (non-hydrogen) atoms. The lowest BCUT2D eigenvalue weighted by Gasteiger charge is -2.21. The molecule has 0 spiro atoms. The molecular formula is C95H186O17P2. The molecule has 0 saturated carbocycles. The number of unbranched alkanes of at least 4 members (excludes halogenated alkanes) is 64. The van der Waals surface area contributed by atoms with Crippen LogP contribution in [-0.4, -0.2) is 96.7 Å². The molecule has 0 aromatic rings. The summed E-state index contributed by atoms with van der Waals surface area (Å²) in [5.74, 6) is -0.540. The van der Waals surface area contributed by atoms with Crippen LogP contribution in [0.1, 0.15) is 517 Å². The third-order valence-corrected chi connectivity index (χ3v) is 24.4. The van der Waals surface area contributed by atoms with Gasteiger partial charge in [0.2, 0.25) is 0 Å². The maximum atomic E-state index is 13.2. The fraction of sp³-hybridized carbons (Fsp3) is 0.958. The molecule has 0 bridgehead atoms. The summed E-state index contributed by atoms with van der Waals surface area (Å²) in [5.41, 5.74) is 0. The Bertz CT molecular complexity index is 2170. The van der Waals surface area contributed by atoms with Crippen LogP contribution in [0, 0.1) is 11.8 Å². The molecular weight excluding hydrogens is 1470 g/mol. The fourth-order valence-electron chi connectivity index (χ4n) is 15.0. The highest BCUT2D eigenvalue weighted by Gasteiger charge is 2.31. The van der Waals surface area contributed by atoms with Gasteiger partial charge in [-0.25, -0.2) is 9.13 Å². The number of ether oxygens (including phenoxy) is 4. The van der Waals surface area contributed by atoms with Crippen molar-refractivity contribution in [3.8, 4) is 0 Å². The summed E-state index contributed by atoms with van der Waals surface area (Å²) in [7, 11) is -9.94. The molecule has 678 valence electrons. The molecule has 0 heterocycles. The number of aliphatic hydroxyl groups excluding tert-OH is 1. The molecule has 0 rings (SSSR count). The highest BCUT2D eigenvalue weighted by Crippen LogP contribution is 2.45. The van der Waals surface area contributed by atoms with Crippen molar-refractivity contribution in [3.05, 3.63) is 0 Å². The number of rotatable bonds is 94. The molecule has 0 aliphatic carbocycles. The lowest BCUT2D eigenvalue weighted by atomic mass is 10.0. The van der Waals surface area contributed by atoms with Gasteiger partial charge in [-0.3, -0.25) is 37.3 Å². The van der Waals surface area contributed by atoms with Gasteiger partial charge < -0.3 is 33.8 Å². The fourth-order valence-corrected chi connectivity index (χ4v) is 16.6. The zero-order valence-electron chi connectivity index (χ0n) is 75.4. The molecule has 2 unspecified atom stereocenters. The van der Waals surface area contributed by atoms with Gasteiger partial charge in [0, 0.05) is 25.7 Å². The minimum absolute atomic E-state index is 0.108. The predicted octanol–water partition coefficient (Wildman–Crippen LogP) is 29.7. The van der Waals surface area contributed by atoms with Gasteiger partial charge in [-0.1, -0.05) is 465 Å². The summed E-state index contributed by atoms with van der Waals surface area (Å²) >= 11 is 0. The normalized spacial score (nSPS) is 13.7. The summed E-state index contributed by atoms with van der Waals surface area (Å²) in [4.78, 5) is 73.6. The number of hydrogen-bond donors (Lipinski definition) is 3. The molecule has 17 nitrogen and oxygen atoms in total. The van der Waals surface area contributed by atoms with Crippen LogP contribution in [0.3, 0.4) is 0 Å². The highest BCUT2D eigenvalue weighted by atomic mass is 31.2. The first kappa shape index (κ1) is 112. The Kier molecular flexibility index (Phi) is 84.6. The van der Waals surface area contributed by atoms with Gasteiger partial charge in [0.25, 0.3) is 0 Å². The highest BCUT2D eigenvalue weighted by molar-refractivity contribution is 7.47. The maximum absolute atomic E-state index is 13.2. The zero-order chi connectivity index (χ0) is 83.4. The average Bonchev–Trinajstić information content (AvgIpc) is 0.714. The van der Waals surface area contributed by atoms with E-state index in [1.54, 1.807) is 0 Å². The van der Waals surface area contributed by atoms with E-state index < -0.39 is 97.5 Å². The first-order chi connectivity index (χ1) is 55.4. The lowest BCUT2D eigenvalue weighted by molar-refractivity contribution is -0.161. The summed E-state index contributed by atoms with van der Waals surface area (Å²) in [5, 5.41) is 10.7. The molecule has 0 aliphatic heterocycles. The monoisotopic (exact) mass is 1660 g/mol. The quantitative estimate of drug-likeness (QED) is 0.0222. The van der Waals surface area contributed by atoms with Crippen molar-refractivity contribution in [1.82, 2.24) is 0 Å². The van der Waals surface area contributed by atoms with Crippen molar-refractivity contribution < 1.29 is 80.2 Å². The van der Waals surface area contributed by atoms with E-state index in [4.69, 9.17) is 37.0 Å². The van der Waals surface area contributed by atoms with Gasteiger partial charge in [0.05, 0.1) is 26.4 Å². The van der Waals surface area contributed by atoms with Gasteiger partial charge >= 0.3 is 39.5 Å². The molecule has 3 N–H and O–H groups in total. The Balaban J connectivity index is 5.24. The summed E-state index contributed by atoms with van der Waals surface area (Å²) in [6.45, 7) is 9.73. The maximum Gasteiger partial charge on any atom is 0.472 e. The third kappa shape index (κ3) is 87.9. The van der Waals surface area contributed by atoms with Crippen LogP contribution in [-0.2, 0) is 65.4 Å². The largest absolute Gasteiger partial charge is 0.472 e. The van der Waals surface area contributed by atoms with Gasteiger partial charge in [0.15, 0.2) is 12.2 Å². The summed E-state index contributed by atoms with van der Waals surface area (Å²) < 4.78 is 69.2. The molecule has 0 radical (unpaired) electrons. The Hall–Kier alpha value is -1.94. The van der Waals surface area contributed by atoms with Gasteiger partial charge in [-0.2, -0.15) is 0 Å². The van der Waals surface area contributed by atoms with Crippen molar-refractivity contribution in [2.75, 3.05) is 39.6 Å². The predicted molar refractivity (Wildman–Crippen MR) is 474 cm³/mol. The van der Waals surface area contributed by atoms with Gasteiger partial charge in [-0.05, 0) is 37.5 Å². The smallest absolute Gasteiger partial charge is 0.462 e. The Labute approximate surface area is 702 Å². The lowest BCUT2D eigenvalue weighted by Crippen LogP contribution is -2.30. The third-order valence-electron chi connectivity index (χ3n) is 22.5. The van der Waals surface area contributed by atoms with E-state index in [2.05, 4.69) is 41.5 Å². The number of phosphoric acid groups is 2. The molecule has 0 aliphatic rings. The van der Waals surface area contributed by atoms with Crippen LogP contribution in [0.4, 0.5) is 0 Å². The second-order valence-corrected chi connectivity index (χ2v) is 38.0. The summed E-state index contributed by atoms with van der Waals surface area (Å²) in [6, 6.07) is 0. The topological polar surface area (TPSA) is 237 Å². The van der Waals surface area contributed by atoms with E-state index in [1.807, 2.05) is 0 Å². The Morgan fingerprint density at radius 2 is 0.404 bits per heavy atom. The number of phosphoric ester groups is 2. The minimum atomic E-state index is -4.97. The number of carbonyl (C=O) groups excluding carboxylic acids is 4. The van der Waals surface area contributed by atoms with Crippen molar-refractivity contribution in [3.63, 3.8) is 0 Å². The van der Waals surface area contributed by atoms with E-state index in [0.717, 1.165) is 102 Å². The van der Waals surface area contributed by atoms with Gasteiger partial charge in [-0.15, -0.1) is 0 Å². The standard InChI is InChI=1S/C95H186O17P2/c1-7-9-11-13-15-17-19-21-23-25-27-29-31-33-35-40-44-48-54-61-67-73-79-94(99)111-90(83-105-92(97)77-71-65-59-53-47-43-39-34-32-30-28-26-24-22-20-18-16-14-12-10-8-2)85-109-113(101,102)107-81-89(96)82-108-114(103,104)110-86-91(84-106-93(98)78-72-66-60-56-50-52-58-64-70-76-88(5)6)112-95(100)80-74-68-62-55-49-45-41-37-36-38-42-46-51-57-63-69-75-87(3)4/h87-91,96H,7-86H2,1-6H3,(H,101,102)(H,103,104)/t89-,90-,91-/m1/s1. The van der Waals surface area contributed by atoms with Gasteiger partial charge in [0.1, 0.15) is 19.3 Å². The van der Waals surface area contributed by atoms with Crippen molar-refractivity contribution in [1.29, 1.82) is 0 Å². The Morgan fingerprint density at radius 3 is 0.596 bits per heavy atom. The molecule has 0 aromatic heterocycles. The summed E-state index contributed by atoms with van der Waals surface area (Å²) in [6.07, 6.45) is 82.2. The number of hydrogen-bond acceptors (Lipinski definition) is 15. The van der Waals surface area contributed by atoms with E-state index in [1.165, 1.54) is 334 Å². The second kappa shape index (κ2) is 86.0. The van der Waals surface area contributed by atoms with Crippen molar-refractivity contribution in [2.24, 2.45) is 11.8 Å². The average molecular weight is 1660 g/mol. The number of carbonyl (C=O) groups is 4. The van der Waals surface area contributed by atoms with Crippen LogP contribution < -0.4 is 0 Å². The molecule has 0 fully saturated rings. The van der Waals surface area contributed by atoms with Crippen LogP contribution in [0.15, 0.2) is 0 Å². The first-order valence-corrected chi connectivity index (χ1v) is 52.0. The Morgan fingerprint density at radius 1 is 0.237 bits per heavy atom. The molecule has 0 aromatic carbocycles.